The summed E-state index contributed by atoms with van der Waals surface area (Å²) >= 11 is 1.48. The minimum Gasteiger partial charge on any atom is -0.300 e. The molecule has 2 aliphatic heterocycles. The second-order valence-corrected chi connectivity index (χ2v) is 13.7. The van der Waals surface area contributed by atoms with Crippen molar-refractivity contribution in [2.75, 3.05) is 20.1 Å². The van der Waals surface area contributed by atoms with Crippen molar-refractivity contribution in [2.45, 2.75) is 51.0 Å². The van der Waals surface area contributed by atoms with Crippen LogP contribution in [0.4, 0.5) is 0 Å². The summed E-state index contributed by atoms with van der Waals surface area (Å²) in [6.45, 7) is 7.76. The van der Waals surface area contributed by atoms with Crippen LogP contribution in [0.2, 0.25) is 0 Å². The van der Waals surface area contributed by atoms with Crippen LogP contribution in [0.5, 0.6) is 0 Å². The summed E-state index contributed by atoms with van der Waals surface area (Å²) in [5.74, 6) is -0.0336. The molecule has 198 valence electrons. The molecule has 1 fully saturated rings. The number of imidazole rings is 1. The third-order valence-electron chi connectivity index (χ3n) is 6.95. The highest BCUT2D eigenvalue weighted by Crippen LogP contribution is 2.32. The molecule has 2 aromatic heterocycles. The van der Waals surface area contributed by atoms with Gasteiger partial charge in [-0.05, 0) is 60.0 Å². The summed E-state index contributed by atoms with van der Waals surface area (Å²) in [5.41, 5.74) is 4.10. The third-order valence-corrected chi connectivity index (χ3v) is 9.55. The standard InChI is InChI=1S/C26H34N6O3S2/c1-26(2,3)17-32-22-13-12-21(27-24(22)29(4)25(32)33)19-7-6-14-31(15-19)37(34,35)20-10-8-18(9-11-20)23-16-36-28-30(23)5/h8-13,16,19,28H,6-7,14-15,17H2,1-5H3. The second-order valence-electron chi connectivity index (χ2n) is 11.1. The van der Waals surface area contributed by atoms with Gasteiger partial charge in [0.1, 0.15) is 0 Å². The fourth-order valence-electron chi connectivity index (χ4n) is 5.04. The first kappa shape index (κ1) is 26.0. The van der Waals surface area contributed by atoms with Crippen molar-refractivity contribution in [1.29, 1.82) is 0 Å². The van der Waals surface area contributed by atoms with Gasteiger partial charge in [-0.25, -0.2) is 18.2 Å². The summed E-state index contributed by atoms with van der Waals surface area (Å²) in [4.78, 5) is 21.2. The summed E-state index contributed by atoms with van der Waals surface area (Å²) in [6.07, 6.45) is 1.61. The Balaban J connectivity index is 1.39. The van der Waals surface area contributed by atoms with Crippen molar-refractivity contribution in [2.24, 2.45) is 12.5 Å². The van der Waals surface area contributed by atoms with Gasteiger partial charge in [-0.2, -0.15) is 9.14 Å². The Morgan fingerprint density at radius 1 is 1.11 bits per heavy atom. The minimum atomic E-state index is -3.64. The quantitative estimate of drug-likeness (QED) is 0.491. The lowest BCUT2D eigenvalue weighted by molar-refractivity contribution is 0.313. The molecule has 1 N–H and O–H groups in total. The van der Waals surface area contributed by atoms with Crippen LogP contribution in [0.25, 0.3) is 16.9 Å². The van der Waals surface area contributed by atoms with E-state index in [0.717, 1.165) is 35.3 Å². The van der Waals surface area contributed by atoms with Gasteiger partial charge in [-0.15, -0.1) is 0 Å². The number of piperidine rings is 1. The molecule has 0 aliphatic carbocycles. The topological polar surface area (TPSA) is 92.5 Å². The van der Waals surface area contributed by atoms with Crippen molar-refractivity contribution in [1.82, 2.24) is 28.3 Å². The van der Waals surface area contributed by atoms with Crippen LogP contribution < -0.4 is 10.5 Å². The number of hydrogen-bond donors (Lipinski definition) is 1. The minimum absolute atomic E-state index is 0.0336. The SMILES string of the molecule is CN1NSC=C1c1ccc(S(=O)(=O)N2CCCC(c3ccc4c(n3)n(C)c(=O)n4CC(C)(C)C)C2)cc1. The lowest BCUT2D eigenvalue weighted by Crippen LogP contribution is -2.39. The molecule has 0 bridgehead atoms. The monoisotopic (exact) mass is 542 g/mol. The van der Waals surface area contributed by atoms with Crippen LogP contribution in [0.3, 0.4) is 0 Å². The van der Waals surface area contributed by atoms with Crippen LogP contribution in [-0.4, -0.2) is 52.0 Å². The molecule has 0 saturated carbocycles. The van der Waals surface area contributed by atoms with Gasteiger partial charge >= 0.3 is 5.69 Å². The molecular weight excluding hydrogens is 508 g/mol. The van der Waals surface area contributed by atoms with Crippen molar-refractivity contribution >= 4 is 38.8 Å². The molecule has 11 heteroatoms. The molecule has 1 atom stereocenters. The lowest BCUT2D eigenvalue weighted by atomic mass is 9.95. The first-order valence-electron chi connectivity index (χ1n) is 12.5. The van der Waals surface area contributed by atoms with Gasteiger partial charge in [0.25, 0.3) is 0 Å². The number of benzene rings is 1. The van der Waals surface area contributed by atoms with Crippen LogP contribution in [0.1, 0.15) is 50.8 Å². The van der Waals surface area contributed by atoms with Crippen molar-refractivity contribution < 1.29 is 8.42 Å². The van der Waals surface area contributed by atoms with Crippen LogP contribution in [-0.2, 0) is 23.6 Å². The zero-order valence-corrected chi connectivity index (χ0v) is 23.6. The Bertz CT molecular complexity index is 1520. The Hall–Kier alpha value is -2.60. The predicted molar refractivity (Wildman–Crippen MR) is 148 cm³/mol. The molecule has 0 radical (unpaired) electrons. The number of sulfonamides is 1. The number of fused-ring (bicyclic) bond motifs is 1. The average molecular weight is 543 g/mol. The zero-order chi connectivity index (χ0) is 26.5. The van der Waals surface area contributed by atoms with E-state index in [-0.39, 0.29) is 17.0 Å². The molecule has 4 heterocycles. The number of hydrazine groups is 1. The summed E-state index contributed by atoms with van der Waals surface area (Å²) < 4.78 is 32.0. The second kappa shape index (κ2) is 9.61. The molecule has 2 aliphatic rings. The number of pyridine rings is 1. The molecule has 0 spiro atoms. The number of hydrogen-bond acceptors (Lipinski definition) is 7. The van der Waals surface area contributed by atoms with Gasteiger partial charge in [0.2, 0.25) is 10.0 Å². The van der Waals surface area contributed by atoms with Gasteiger partial charge in [0, 0.05) is 50.7 Å². The number of nitrogens with zero attached hydrogens (tertiary/aromatic N) is 5. The largest absolute Gasteiger partial charge is 0.330 e. The van der Waals surface area contributed by atoms with Gasteiger partial charge < -0.3 is 5.01 Å². The van der Waals surface area contributed by atoms with Crippen LogP contribution in [0, 0.1) is 5.41 Å². The van der Waals surface area contributed by atoms with Gasteiger partial charge in [0.05, 0.1) is 16.1 Å². The maximum absolute atomic E-state index is 13.5. The maximum atomic E-state index is 13.5. The Labute approximate surface area is 222 Å². The highest BCUT2D eigenvalue weighted by molar-refractivity contribution is 8.00. The number of rotatable bonds is 5. The Morgan fingerprint density at radius 2 is 1.84 bits per heavy atom. The van der Waals surface area contributed by atoms with E-state index in [1.165, 1.54) is 11.9 Å². The van der Waals surface area contributed by atoms with E-state index in [1.54, 1.807) is 32.6 Å². The highest BCUT2D eigenvalue weighted by Gasteiger charge is 2.32. The number of nitrogens with one attached hydrogen (secondary N) is 1. The maximum Gasteiger partial charge on any atom is 0.330 e. The summed E-state index contributed by atoms with van der Waals surface area (Å²) in [6, 6.07) is 11.0. The van der Waals surface area contributed by atoms with E-state index in [4.69, 9.17) is 4.98 Å². The molecule has 1 saturated heterocycles. The molecule has 3 aromatic rings. The summed E-state index contributed by atoms with van der Waals surface area (Å²) in [5, 5.41) is 3.90. The van der Waals surface area contributed by atoms with Gasteiger partial charge in [0.15, 0.2) is 5.65 Å². The normalized spacial score (nSPS) is 19.5. The molecule has 1 unspecified atom stereocenters. The first-order chi connectivity index (χ1) is 17.5. The molecule has 0 amide bonds. The summed E-state index contributed by atoms with van der Waals surface area (Å²) in [7, 11) is 0.0318. The molecule has 9 nitrogen and oxygen atoms in total. The van der Waals surface area contributed by atoms with Crippen molar-refractivity contribution in [3.63, 3.8) is 0 Å². The van der Waals surface area contributed by atoms with Crippen molar-refractivity contribution in [3.05, 3.63) is 63.5 Å². The first-order valence-corrected chi connectivity index (χ1v) is 14.8. The van der Waals surface area contributed by atoms with E-state index >= 15 is 0 Å². The fraction of sp³-hybridized carbons (Fsp3) is 0.462. The third kappa shape index (κ3) is 4.97. The van der Waals surface area contributed by atoms with E-state index in [1.807, 2.05) is 41.7 Å². The van der Waals surface area contributed by atoms with Crippen LogP contribution >= 0.6 is 11.9 Å². The predicted octanol–water partition coefficient (Wildman–Crippen LogP) is 3.75. The van der Waals surface area contributed by atoms with Crippen molar-refractivity contribution in [3.8, 4) is 0 Å². The lowest BCUT2D eigenvalue weighted by Gasteiger charge is -2.31. The van der Waals surface area contributed by atoms with E-state index in [9.17, 15) is 13.2 Å². The van der Waals surface area contributed by atoms with E-state index < -0.39 is 10.0 Å². The van der Waals surface area contributed by atoms with Gasteiger partial charge in [-0.3, -0.25) is 9.13 Å². The smallest absolute Gasteiger partial charge is 0.300 e. The molecular formula is C26H34N6O3S2. The van der Waals surface area contributed by atoms with E-state index in [2.05, 4.69) is 25.6 Å². The molecule has 37 heavy (non-hydrogen) atoms. The van der Waals surface area contributed by atoms with E-state index in [0.29, 0.717) is 30.2 Å². The highest BCUT2D eigenvalue weighted by atomic mass is 32.2. The Morgan fingerprint density at radius 3 is 2.49 bits per heavy atom. The Kier molecular flexibility index (Phi) is 6.76. The fourth-order valence-corrected chi connectivity index (χ4v) is 7.28. The number of aromatic nitrogens is 3. The molecule has 5 rings (SSSR count). The molecule has 1 aromatic carbocycles. The zero-order valence-electron chi connectivity index (χ0n) is 21.9. The van der Waals surface area contributed by atoms with Gasteiger partial charge in [-0.1, -0.05) is 32.9 Å². The average Bonchev–Trinajstić information content (AvgIpc) is 3.40. The van der Waals surface area contributed by atoms with Crippen LogP contribution in [0.15, 0.2) is 51.5 Å². The number of aryl methyl sites for hydroxylation is 1.